The summed E-state index contributed by atoms with van der Waals surface area (Å²) in [5, 5.41) is 3.77. The molecule has 2 fully saturated rings. The van der Waals surface area contributed by atoms with E-state index in [2.05, 4.69) is 37.9 Å². The first-order chi connectivity index (χ1) is 8.50. The first-order valence-electron chi connectivity index (χ1n) is 7.98. The van der Waals surface area contributed by atoms with Gasteiger partial charge in [0, 0.05) is 25.2 Å². The summed E-state index contributed by atoms with van der Waals surface area (Å²) in [5.41, 5.74) is 0.367. The lowest BCUT2D eigenvalue weighted by molar-refractivity contribution is 0.162. The van der Waals surface area contributed by atoms with Gasteiger partial charge in [0.15, 0.2) is 0 Å². The van der Waals surface area contributed by atoms with Crippen LogP contribution < -0.4 is 5.32 Å². The van der Waals surface area contributed by atoms with Crippen LogP contribution in [0.4, 0.5) is 0 Å². The highest BCUT2D eigenvalue weighted by molar-refractivity contribution is 4.92. The molecule has 0 aromatic heterocycles. The molecular weight excluding hydrogens is 220 g/mol. The van der Waals surface area contributed by atoms with Crippen molar-refractivity contribution in [3.05, 3.63) is 0 Å². The fraction of sp³-hybridized carbons (Fsp3) is 1.00. The molecule has 18 heavy (non-hydrogen) atoms. The quantitative estimate of drug-likeness (QED) is 0.713. The van der Waals surface area contributed by atoms with E-state index in [9.17, 15) is 0 Å². The molecule has 2 saturated carbocycles. The molecule has 1 unspecified atom stereocenters. The predicted octanol–water partition coefficient (Wildman–Crippen LogP) is 3.28. The van der Waals surface area contributed by atoms with E-state index in [0.29, 0.717) is 11.5 Å². The van der Waals surface area contributed by atoms with Gasteiger partial charge in [0.25, 0.3) is 0 Å². The highest BCUT2D eigenvalue weighted by Crippen LogP contribution is 2.35. The Bertz CT molecular complexity index is 248. The second kappa shape index (κ2) is 5.92. The van der Waals surface area contributed by atoms with Crippen LogP contribution in [0.5, 0.6) is 0 Å². The monoisotopic (exact) mass is 252 g/mol. The molecule has 0 bridgehead atoms. The van der Waals surface area contributed by atoms with Crippen LogP contribution in [0.3, 0.4) is 0 Å². The zero-order valence-electron chi connectivity index (χ0n) is 12.8. The Balaban J connectivity index is 1.87. The summed E-state index contributed by atoms with van der Waals surface area (Å²) in [6.45, 7) is 13.2. The van der Waals surface area contributed by atoms with Gasteiger partial charge in [0.1, 0.15) is 0 Å². The number of nitrogens with one attached hydrogen (secondary N) is 1. The van der Waals surface area contributed by atoms with Gasteiger partial charge in [-0.1, -0.05) is 27.7 Å². The average Bonchev–Trinajstić information content (AvgIpc) is 3.13. The van der Waals surface area contributed by atoms with Crippen LogP contribution in [0.2, 0.25) is 0 Å². The predicted molar refractivity (Wildman–Crippen MR) is 78.9 cm³/mol. The third kappa shape index (κ3) is 4.55. The van der Waals surface area contributed by atoms with E-state index in [1.54, 1.807) is 0 Å². The smallest absolute Gasteiger partial charge is 0.0243 e. The van der Waals surface area contributed by atoms with Gasteiger partial charge in [0.05, 0.1) is 0 Å². The van der Waals surface area contributed by atoms with Crippen LogP contribution in [-0.4, -0.2) is 36.6 Å². The first-order valence-corrected chi connectivity index (χ1v) is 7.98. The molecule has 2 heteroatoms. The summed E-state index contributed by atoms with van der Waals surface area (Å²) in [5.74, 6) is 1.03. The van der Waals surface area contributed by atoms with Crippen LogP contribution in [-0.2, 0) is 0 Å². The molecule has 2 aliphatic rings. The van der Waals surface area contributed by atoms with Gasteiger partial charge in [-0.3, -0.25) is 4.90 Å². The second-order valence-corrected chi connectivity index (χ2v) is 7.50. The van der Waals surface area contributed by atoms with Gasteiger partial charge < -0.3 is 5.32 Å². The van der Waals surface area contributed by atoms with E-state index in [1.165, 1.54) is 45.2 Å². The van der Waals surface area contributed by atoms with Crippen molar-refractivity contribution in [1.29, 1.82) is 0 Å². The second-order valence-electron chi connectivity index (χ2n) is 7.50. The van der Waals surface area contributed by atoms with E-state index in [4.69, 9.17) is 0 Å². The Morgan fingerprint density at radius 3 is 2.28 bits per heavy atom. The van der Waals surface area contributed by atoms with Crippen molar-refractivity contribution in [2.45, 2.75) is 71.9 Å². The third-order valence-electron chi connectivity index (χ3n) is 4.36. The summed E-state index contributed by atoms with van der Waals surface area (Å²) < 4.78 is 0. The summed E-state index contributed by atoms with van der Waals surface area (Å²) in [7, 11) is 0. The van der Waals surface area contributed by atoms with E-state index in [-0.39, 0.29) is 0 Å². The number of hydrogen-bond donors (Lipinski definition) is 1. The summed E-state index contributed by atoms with van der Waals surface area (Å²) in [6, 6.07) is 1.55. The molecule has 1 atom stereocenters. The van der Waals surface area contributed by atoms with Crippen molar-refractivity contribution < 1.29 is 0 Å². The maximum absolute atomic E-state index is 3.77. The molecule has 2 rings (SSSR count). The van der Waals surface area contributed by atoms with Crippen LogP contribution in [0.15, 0.2) is 0 Å². The summed E-state index contributed by atoms with van der Waals surface area (Å²) >= 11 is 0. The van der Waals surface area contributed by atoms with Gasteiger partial charge in [-0.05, 0) is 50.0 Å². The fourth-order valence-corrected chi connectivity index (χ4v) is 2.64. The highest BCUT2D eigenvalue weighted by Gasteiger charge is 2.36. The molecule has 0 aromatic carbocycles. The molecule has 0 saturated heterocycles. The third-order valence-corrected chi connectivity index (χ3v) is 4.36. The molecule has 0 heterocycles. The van der Waals surface area contributed by atoms with Crippen LogP contribution >= 0.6 is 0 Å². The van der Waals surface area contributed by atoms with Crippen LogP contribution in [0.1, 0.15) is 59.8 Å². The van der Waals surface area contributed by atoms with Crippen LogP contribution in [0, 0.1) is 11.3 Å². The Hall–Kier alpha value is -0.0800. The largest absolute Gasteiger partial charge is 0.312 e. The molecule has 2 aliphatic carbocycles. The fourth-order valence-electron chi connectivity index (χ4n) is 2.64. The average molecular weight is 252 g/mol. The van der Waals surface area contributed by atoms with Crippen LogP contribution in [0.25, 0.3) is 0 Å². The van der Waals surface area contributed by atoms with Gasteiger partial charge in [-0.25, -0.2) is 0 Å². The molecule has 0 aromatic rings. The Morgan fingerprint density at radius 1 is 1.17 bits per heavy atom. The molecular formula is C16H32N2. The summed E-state index contributed by atoms with van der Waals surface area (Å²) in [6.07, 6.45) is 7.07. The van der Waals surface area contributed by atoms with E-state index < -0.39 is 0 Å². The van der Waals surface area contributed by atoms with Gasteiger partial charge in [0.2, 0.25) is 0 Å². The van der Waals surface area contributed by atoms with Gasteiger partial charge >= 0.3 is 0 Å². The van der Waals surface area contributed by atoms with Crippen molar-refractivity contribution in [2.24, 2.45) is 11.3 Å². The molecule has 106 valence electrons. The number of hydrogen-bond acceptors (Lipinski definition) is 2. The van der Waals surface area contributed by atoms with Crippen molar-refractivity contribution in [1.82, 2.24) is 10.2 Å². The lowest BCUT2D eigenvalue weighted by Gasteiger charge is -2.36. The maximum Gasteiger partial charge on any atom is 0.0243 e. The molecule has 0 amide bonds. The molecule has 1 N–H and O–H groups in total. The number of nitrogens with zero attached hydrogens (tertiary/aromatic N) is 1. The van der Waals surface area contributed by atoms with Crippen molar-refractivity contribution in [3.63, 3.8) is 0 Å². The molecule has 2 nitrogen and oxygen atoms in total. The van der Waals surface area contributed by atoms with E-state index in [1.807, 2.05) is 0 Å². The van der Waals surface area contributed by atoms with E-state index >= 15 is 0 Å². The lowest BCUT2D eigenvalue weighted by Crippen LogP contribution is -2.49. The Kier molecular flexibility index (Phi) is 4.71. The zero-order valence-corrected chi connectivity index (χ0v) is 12.8. The van der Waals surface area contributed by atoms with Crippen molar-refractivity contribution in [3.8, 4) is 0 Å². The lowest BCUT2D eigenvalue weighted by atomic mass is 9.86. The summed E-state index contributed by atoms with van der Waals surface area (Å²) in [4.78, 5) is 2.79. The molecule has 0 radical (unpaired) electrons. The van der Waals surface area contributed by atoms with Gasteiger partial charge in [-0.15, -0.1) is 0 Å². The maximum atomic E-state index is 3.77. The molecule has 0 aliphatic heterocycles. The standard InChI is InChI=1S/C16H32N2/c1-5-10-17-15(16(2,3)4)12-18(14-8-9-14)11-13-6-7-13/h13-15,17H,5-12H2,1-4H3. The normalized spacial score (nSPS) is 22.5. The van der Waals surface area contributed by atoms with E-state index in [0.717, 1.165) is 18.5 Å². The Morgan fingerprint density at radius 2 is 1.83 bits per heavy atom. The zero-order chi connectivity index (χ0) is 13.2. The SMILES string of the molecule is CCCNC(CN(CC1CC1)C1CC1)C(C)(C)C. The molecule has 0 spiro atoms. The minimum absolute atomic E-state index is 0.367. The van der Waals surface area contributed by atoms with Crippen molar-refractivity contribution >= 4 is 0 Å². The topological polar surface area (TPSA) is 15.3 Å². The number of rotatable bonds is 8. The van der Waals surface area contributed by atoms with Gasteiger partial charge in [-0.2, -0.15) is 0 Å². The minimum Gasteiger partial charge on any atom is -0.312 e. The first kappa shape index (κ1) is 14.3. The highest BCUT2D eigenvalue weighted by atomic mass is 15.2. The minimum atomic E-state index is 0.367. The Labute approximate surface area is 114 Å². The van der Waals surface area contributed by atoms with Crippen molar-refractivity contribution in [2.75, 3.05) is 19.6 Å².